The van der Waals surface area contributed by atoms with Crippen molar-refractivity contribution in [2.75, 3.05) is 6.26 Å². The number of amides is 1. The van der Waals surface area contributed by atoms with Crippen molar-refractivity contribution in [3.05, 3.63) is 96.1 Å². The molecule has 0 spiro atoms. The summed E-state index contributed by atoms with van der Waals surface area (Å²) in [5.41, 5.74) is 6.61. The SMILES string of the molecule is CSc1ccc(/C=N/NC(=O)c2cc(-c3ccccc3)nc3ccccc23)cc1. The zero-order chi connectivity index (χ0) is 20.1. The van der Waals surface area contributed by atoms with Gasteiger partial charge in [-0.3, -0.25) is 4.79 Å². The van der Waals surface area contributed by atoms with E-state index < -0.39 is 0 Å². The fraction of sp³-hybridized carbons (Fsp3) is 0.0417. The molecule has 0 radical (unpaired) electrons. The van der Waals surface area contributed by atoms with E-state index in [1.807, 2.05) is 91.2 Å². The van der Waals surface area contributed by atoms with Gasteiger partial charge in [0.05, 0.1) is 23.0 Å². The Labute approximate surface area is 173 Å². The third-order valence-electron chi connectivity index (χ3n) is 4.53. The molecule has 1 heterocycles. The van der Waals surface area contributed by atoms with Crippen molar-refractivity contribution in [1.29, 1.82) is 0 Å². The molecule has 142 valence electrons. The molecule has 0 aliphatic rings. The Morgan fingerprint density at radius 3 is 2.45 bits per heavy atom. The fourth-order valence-electron chi connectivity index (χ4n) is 3.04. The molecule has 1 aromatic heterocycles. The zero-order valence-corrected chi connectivity index (χ0v) is 16.7. The number of rotatable bonds is 5. The van der Waals surface area contributed by atoms with Crippen LogP contribution in [0.2, 0.25) is 0 Å². The molecule has 5 heteroatoms. The van der Waals surface area contributed by atoms with Crippen LogP contribution in [0.25, 0.3) is 22.2 Å². The van der Waals surface area contributed by atoms with Gasteiger partial charge in [-0.25, -0.2) is 10.4 Å². The molecule has 0 saturated carbocycles. The summed E-state index contributed by atoms with van der Waals surface area (Å²) in [6.07, 6.45) is 3.68. The van der Waals surface area contributed by atoms with Gasteiger partial charge >= 0.3 is 0 Å². The first kappa shape index (κ1) is 18.9. The molecule has 1 amide bonds. The van der Waals surface area contributed by atoms with Gasteiger partial charge in [-0.1, -0.05) is 60.7 Å². The maximum absolute atomic E-state index is 12.9. The Hall–Kier alpha value is -3.44. The molecule has 0 atom stereocenters. The molecule has 0 fully saturated rings. The number of carbonyl (C=O) groups excluding carboxylic acids is 1. The molecular formula is C24H19N3OS. The lowest BCUT2D eigenvalue weighted by Gasteiger charge is -2.09. The fourth-order valence-corrected chi connectivity index (χ4v) is 3.44. The highest BCUT2D eigenvalue weighted by molar-refractivity contribution is 7.98. The average Bonchev–Trinajstić information content (AvgIpc) is 2.79. The molecule has 3 aromatic carbocycles. The summed E-state index contributed by atoms with van der Waals surface area (Å²) in [5.74, 6) is -0.266. The Kier molecular flexibility index (Phi) is 5.68. The number of hydrogen-bond donors (Lipinski definition) is 1. The molecule has 4 aromatic rings. The third kappa shape index (κ3) is 4.36. The van der Waals surface area contributed by atoms with Crippen LogP contribution < -0.4 is 5.43 Å². The number of hydrazone groups is 1. The second kappa shape index (κ2) is 8.71. The molecule has 4 nitrogen and oxygen atoms in total. The number of thioether (sulfide) groups is 1. The van der Waals surface area contributed by atoms with Gasteiger partial charge in [-0.2, -0.15) is 5.10 Å². The van der Waals surface area contributed by atoms with Crippen molar-refractivity contribution in [2.45, 2.75) is 4.90 Å². The van der Waals surface area contributed by atoms with Crippen LogP contribution in [0.4, 0.5) is 0 Å². The third-order valence-corrected chi connectivity index (χ3v) is 5.27. The van der Waals surface area contributed by atoms with E-state index >= 15 is 0 Å². The van der Waals surface area contributed by atoms with E-state index in [0.29, 0.717) is 5.56 Å². The number of benzene rings is 3. The van der Waals surface area contributed by atoms with Crippen LogP contribution in [-0.4, -0.2) is 23.4 Å². The summed E-state index contributed by atoms with van der Waals surface area (Å²) in [6.45, 7) is 0. The largest absolute Gasteiger partial charge is 0.272 e. The Morgan fingerprint density at radius 1 is 0.966 bits per heavy atom. The summed E-state index contributed by atoms with van der Waals surface area (Å²) in [7, 11) is 0. The highest BCUT2D eigenvalue weighted by Crippen LogP contribution is 2.24. The van der Waals surface area contributed by atoms with Crippen molar-refractivity contribution >= 4 is 34.8 Å². The normalized spacial score (nSPS) is 11.1. The molecular weight excluding hydrogens is 378 g/mol. The first-order chi connectivity index (χ1) is 14.2. The summed E-state index contributed by atoms with van der Waals surface area (Å²) in [6, 6.07) is 27.3. The smallest absolute Gasteiger partial charge is 0.267 e. The van der Waals surface area contributed by atoms with Gasteiger partial charge in [0.1, 0.15) is 0 Å². The van der Waals surface area contributed by atoms with Crippen LogP contribution in [0.5, 0.6) is 0 Å². The standard InChI is InChI=1S/C24H19N3OS/c1-29-19-13-11-17(12-14-19)16-25-27-24(28)21-15-23(18-7-3-2-4-8-18)26-22-10-6-5-9-20(21)22/h2-16H,1H3,(H,27,28)/b25-16+. The number of pyridine rings is 1. The number of carbonyl (C=O) groups is 1. The summed E-state index contributed by atoms with van der Waals surface area (Å²) in [4.78, 5) is 18.8. The number of hydrogen-bond acceptors (Lipinski definition) is 4. The van der Waals surface area contributed by atoms with Crippen LogP contribution in [0.1, 0.15) is 15.9 Å². The van der Waals surface area contributed by atoms with Gasteiger partial charge in [-0.05, 0) is 36.1 Å². The van der Waals surface area contributed by atoms with Crippen LogP contribution in [0.3, 0.4) is 0 Å². The highest BCUT2D eigenvalue weighted by Gasteiger charge is 2.13. The number of nitrogens with one attached hydrogen (secondary N) is 1. The van der Waals surface area contributed by atoms with Crippen molar-refractivity contribution in [1.82, 2.24) is 10.4 Å². The zero-order valence-electron chi connectivity index (χ0n) is 15.9. The van der Waals surface area contributed by atoms with Crippen LogP contribution in [0, 0.1) is 0 Å². The first-order valence-corrected chi connectivity index (χ1v) is 10.4. The van der Waals surface area contributed by atoms with E-state index in [-0.39, 0.29) is 5.91 Å². The van der Waals surface area contributed by atoms with Gasteiger partial charge in [0.2, 0.25) is 0 Å². The van der Waals surface area contributed by atoms with E-state index in [9.17, 15) is 4.79 Å². The van der Waals surface area contributed by atoms with E-state index in [1.165, 1.54) is 4.90 Å². The lowest BCUT2D eigenvalue weighted by molar-refractivity contribution is 0.0956. The second-order valence-corrected chi connectivity index (χ2v) is 7.29. The summed E-state index contributed by atoms with van der Waals surface area (Å²) in [5, 5.41) is 4.93. The number of nitrogens with zero attached hydrogens (tertiary/aromatic N) is 2. The van der Waals surface area contributed by atoms with E-state index in [0.717, 1.165) is 27.7 Å². The maximum Gasteiger partial charge on any atom is 0.272 e. The minimum absolute atomic E-state index is 0.266. The predicted octanol–water partition coefficient (Wildman–Crippen LogP) is 5.39. The summed E-state index contributed by atoms with van der Waals surface area (Å²) >= 11 is 1.68. The topological polar surface area (TPSA) is 54.4 Å². The molecule has 0 saturated heterocycles. The van der Waals surface area contributed by atoms with Gasteiger partial charge in [0.15, 0.2) is 0 Å². The van der Waals surface area contributed by atoms with E-state index in [2.05, 4.69) is 10.5 Å². The maximum atomic E-state index is 12.9. The molecule has 4 rings (SSSR count). The van der Waals surface area contributed by atoms with Crippen molar-refractivity contribution < 1.29 is 4.79 Å². The van der Waals surface area contributed by atoms with E-state index in [1.54, 1.807) is 18.0 Å². The van der Waals surface area contributed by atoms with E-state index in [4.69, 9.17) is 4.98 Å². The lowest BCUT2D eigenvalue weighted by atomic mass is 10.0. The molecule has 0 bridgehead atoms. The number of aromatic nitrogens is 1. The van der Waals surface area contributed by atoms with Crippen molar-refractivity contribution in [2.24, 2.45) is 5.10 Å². The number of para-hydroxylation sites is 1. The quantitative estimate of drug-likeness (QED) is 0.279. The van der Waals surface area contributed by atoms with Crippen LogP contribution >= 0.6 is 11.8 Å². The molecule has 0 aliphatic carbocycles. The van der Waals surface area contributed by atoms with Crippen molar-refractivity contribution in [3.63, 3.8) is 0 Å². The molecule has 0 unspecified atom stereocenters. The predicted molar refractivity (Wildman–Crippen MR) is 120 cm³/mol. The van der Waals surface area contributed by atoms with Crippen molar-refractivity contribution in [3.8, 4) is 11.3 Å². The highest BCUT2D eigenvalue weighted by atomic mass is 32.2. The summed E-state index contributed by atoms with van der Waals surface area (Å²) < 4.78 is 0. The minimum Gasteiger partial charge on any atom is -0.267 e. The lowest BCUT2D eigenvalue weighted by Crippen LogP contribution is -2.18. The van der Waals surface area contributed by atoms with Crippen LogP contribution in [0.15, 0.2) is 94.9 Å². The molecule has 1 N–H and O–H groups in total. The van der Waals surface area contributed by atoms with Gasteiger partial charge in [0, 0.05) is 15.8 Å². The number of fused-ring (bicyclic) bond motifs is 1. The van der Waals surface area contributed by atoms with Gasteiger partial charge in [-0.15, -0.1) is 11.8 Å². The van der Waals surface area contributed by atoms with Gasteiger partial charge < -0.3 is 0 Å². The Balaban J connectivity index is 1.63. The molecule has 29 heavy (non-hydrogen) atoms. The first-order valence-electron chi connectivity index (χ1n) is 9.17. The second-order valence-electron chi connectivity index (χ2n) is 6.41. The average molecular weight is 398 g/mol. The van der Waals surface area contributed by atoms with Gasteiger partial charge in [0.25, 0.3) is 5.91 Å². The van der Waals surface area contributed by atoms with Crippen LogP contribution in [-0.2, 0) is 0 Å². The monoisotopic (exact) mass is 397 g/mol. The Morgan fingerprint density at radius 2 is 1.69 bits per heavy atom. The molecule has 0 aliphatic heterocycles. The minimum atomic E-state index is -0.266. The Bertz CT molecular complexity index is 1170.